The number of carbonyl (C=O) groups excluding carboxylic acids is 1. The Labute approximate surface area is 115 Å². The molecule has 0 aromatic heterocycles. The quantitative estimate of drug-likeness (QED) is 0.801. The summed E-state index contributed by atoms with van der Waals surface area (Å²) < 4.78 is 0.734. The lowest BCUT2D eigenvalue weighted by Crippen LogP contribution is -2.45. The Morgan fingerprint density at radius 1 is 1.44 bits per heavy atom. The fourth-order valence-electron chi connectivity index (χ4n) is 2.24. The lowest BCUT2D eigenvalue weighted by atomic mass is 9.90. The Kier molecular flexibility index (Phi) is 3.92. The van der Waals surface area contributed by atoms with Crippen molar-refractivity contribution in [1.82, 2.24) is 5.32 Å². The minimum atomic E-state index is -0.415. The van der Waals surface area contributed by atoms with Crippen molar-refractivity contribution < 1.29 is 4.79 Å². The smallest absolute Gasteiger partial charge is 0.249 e. The second kappa shape index (κ2) is 5.28. The molecule has 0 saturated carbocycles. The molecule has 4 nitrogen and oxygen atoms in total. The number of amides is 1. The minimum absolute atomic E-state index is 0.110. The first-order valence-electron chi connectivity index (χ1n) is 6.08. The predicted octanol–water partition coefficient (Wildman–Crippen LogP) is 2.10. The molecule has 0 spiro atoms. The first kappa shape index (κ1) is 13.4. The van der Waals surface area contributed by atoms with E-state index in [2.05, 4.69) is 33.5 Å². The van der Waals surface area contributed by atoms with Gasteiger partial charge < -0.3 is 16.4 Å². The first-order valence-corrected chi connectivity index (χ1v) is 6.88. The molecule has 4 N–H and O–H groups in total. The van der Waals surface area contributed by atoms with E-state index in [9.17, 15) is 4.79 Å². The summed E-state index contributed by atoms with van der Waals surface area (Å²) in [4.78, 5) is 11.1. The molecule has 0 radical (unpaired) electrons. The summed E-state index contributed by atoms with van der Waals surface area (Å²) >= 11 is 3.38. The Morgan fingerprint density at radius 3 is 2.67 bits per heavy atom. The van der Waals surface area contributed by atoms with Crippen molar-refractivity contribution in [2.75, 3.05) is 18.4 Å². The van der Waals surface area contributed by atoms with Crippen LogP contribution in [0.15, 0.2) is 22.7 Å². The van der Waals surface area contributed by atoms with Crippen LogP contribution in [0.25, 0.3) is 0 Å². The van der Waals surface area contributed by atoms with Gasteiger partial charge in [-0.15, -0.1) is 0 Å². The third-order valence-corrected chi connectivity index (χ3v) is 4.04. The molecular formula is C13H18BrN3O. The molecule has 1 saturated heterocycles. The van der Waals surface area contributed by atoms with Gasteiger partial charge in [0.2, 0.25) is 5.91 Å². The van der Waals surface area contributed by atoms with Crippen LogP contribution in [0.3, 0.4) is 0 Å². The minimum Gasteiger partial charge on any atom is -0.380 e. The normalized spacial score (nSPS) is 18.3. The van der Waals surface area contributed by atoms with Crippen LogP contribution in [0.1, 0.15) is 30.1 Å². The number of anilines is 1. The number of nitrogens with one attached hydrogen (secondary N) is 2. The molecule has 1 aliphatic heterocycles. The van der Waals surface area contributed by atoms with Crippen molar-refractivity contribution >= 4 is 27.5 Å². The van der Waals surface area contributed by atoms with E-state index in [4.69, 9.17) is 5.73 Å². The molecule has 0 unspecified atom stereocenters. The molecule has 1 aromatic rings. The summed E-state index contributed by atoms with van der Waals surface area (Å²) in [6.07, 6.45) is 2.17. The maximum absolute atomic E-state index is 11.1. The summed E-state index contributed by atoms with van der Waals surface area (Å²) in [6, 6.07) is 5.56. The van der Waals surface area contributed by atoms with E-state index in [0.717, 1.165) is 36.1 Å². The summed E-state index contributed by atoms with van der Waals surface area (Å²) in [5.41, 5.74) is 6.91. The van der Waals surface area contributed by atoms with Crippen molar-refractivity contribution in [2.45, 2.75) is 25.3 Å². The fourth-order valence-corrected chi connectivity index (χ4v) is 2.82. The van der Waals surface area contributed by atoms with Gasteiger partial charge in [0.1, 0.15) is 0 Å². The number of benzene rings is 1. The highest BCUT2D eigenvalue weighted by molar-refractivity contribution is 9.10. The van der Waals surface area contributed by atoms with Crippen LogP contribution in [-0.2, 0) is 0 Å². The molecule has 1 heterocycles. The zero-order chi connectivity index (χ0) is 13.2. The predicted molar refractivity (Wildman–Crippen MR) is 76.8 cm³/mol. The number of carbonyl (C=O) groups is 1. The van der Waals surface area contributed by atoms with Crippen LogP contribution in [-0.4, -0.2) is 24.5 Å². The van der Waals surface area contributed by atoms with Gasteiger partial charge in [-0.25, -0.2) is 0 Å². The van der Waals surface area contributed by atoms with Gasteiger partial charge in [-0.3, -0.25) is 4.79 Å². The molecule has 1 amide bonds. The molecule has 5 heteroatoms. The maximum Gasteiger partial charge on any atom is 0.249 e. The lowest BCUT2D eigenvalue weighted by molar-refractivity contribution is 0.0999. The van der Waals surface area contributed by atoms with Gasteiger partial charge in [-0.1, -0.05) is 0 Å². The molecule has 1 aliphatic rings. The Morgan fingerprint density at radius 2 is 2.11 bits per heavy atom. The second-order valence-electron chi connectivity index (χ2n) is 4.99. The summed E-state index contributed by atoms with van der Waals surface area (Å²) in [5.74, 6) is -0.415. The zero-order valence-electron chi connectivity index (χ0n) is 10.4. The van der Waals surface area contributed by atoms with Crippen LogP contribution >= 0.6 is 15.9 Å². The summed E-state index contributed by atoms with van der Waals surface area (Å²) in [6.45, 7) is 4.29. The Balaban J connectivity index is 2.14. The van der Waals surface area contributed by atoms with Crippen LogP contribution in [0.4, 0.5) is 5.69 Å². The largest absolute Gasteiger partial charge is 0.380 e. The maximum atomic E-state index is 11.1. The van der Waals surface area contributed by atoms with Crippen LogP contribution in [0, 0.1) is 0 Å². The van der Waals surface area contributed by atoms with E-state index >= 15 is 0 Å². The SMILES string of the molecule is CC1(Nc2ccc(C(N)=O)c(Br)c2)CCNCC1. The molecule has 98 valence electrons. The van der Waals surface area contributed by atoms with Gasteiger partial charge >= 0.3 is 0 Å². The van der Waals surface area contributed by atoms with E-state index in [-0.39, 0.29) is 5.54 Å². The molecule has 0 atom stereocenters. The fraction of sp³-hybridized carbons (Fsp3) is 0.462. The number of halogens is 1. The van der Waals surface area contributed by atoms with Gasteiger partial charge in [0.25, 0.3) is 0 Å². The van der Waals surface area contributed by atoms with Gasteiger partial charge in [-0.05, 0) is 67.0 Å². The number of hydrogen-bond acceptors (Lipinski definition) is 3. The Bertz CT molecular complexity index is 456. The highest BCUT2D eigenvalue weighted by Gasteiger charge is 2.26. The Hall–Kier alpha value is -1.07. The average Bonchev–Trinajstić information content (AvgIpc) is 2.28. The highest BCUT2D eigenvalue weighted by Crippen LogP contribution is 2.27. The van der Waals surface area contributed by atoms with Crippen molar-refractivity contribution in [3.8, 4) is 0 Å². The molecular weight excluding hydrogens is 294 g/mol. The van der Waals surface area contributed by atoms with E-state index in [1.807, 2.05) is 12.1 Å². The van der Waals surface area contributed by atoms with Gasteiger partial charge in [0.05, 0.1) is 5.56 Å². The third-order valence-electron chi connectivity index (χ3n) is 3.39. The molecule has 1 fully saturated rings. The van der Waals surface area contributed by atoms with Crippen LogP contribution in [0.2, 0.25) is 0 Å². The topological polar surface area (TPSA) is 67.1 Å². The first-order chi connectivity index (χ1) is 8.50. The average molecular weight is 312 g/mol. The standard InChI is InChI=1S/C13H18BrN3O/c1-13(4-6-16-7-5-13)17-9-2-3-10(12(15)18)11(14)8-9/h2-3,8,16-17H,4-7H2,1H3,(H2,15,18). The highest BCUT2D eigenvalue weighted by atomic mass is 79.9. The molecule has 18 heavy (non-hydrogen) atoms. The molecule has 1 aromatic carbocycles. The zero-order valence-corrected chi connectivity index (χ0v) is 12.0. The number of primary amides is 1. The monoisotopic (exact) mass is 311 g/mol. The number of piperidine rings is 1. The number of rotatable bonds is 3. The van der Waals surface area contributed by atoms with Gasteiger partial charge in [0, 0.05) is 15.7 Å². The van der Waals surface area contributed by atoms with E-state index in [0.29, 0.717) is 5.56 Å². The van der Waals surface area contributed by atoms with Crippen molar-refractivity contribution in [3.63, 3.8) is 0 Å². The molecule has 2 rings (SSSR count). The third kappa shape index (κ3) is 3.03. The summed E-state index contributed by atoms with van der Waals surface area (Å²) in [7, 11) is 0. The molecule has 0 aliphatic carbocycles. The number of hydrogen-bond donors (Lipinski definition) is 3. The van der Waals surface area contributed by atoms with Crippen LogP contribution < -0.4 is 16.4 Å². The van der Waals surface area contributed by atoms with Crippen molar-refractivity contribution in [2.24, 2.45) is 5.73 Å². The van der Waals surface area contributed by atoms with Gasteiger partial charge in [0.15, 0.2) is 0 Å². The second-order valence-corrected chi connectivity index (χ2v) is 5.85. The molecule has 0 bridgehead atoms. The van der Waals surface area contributed by atoms with E-state index in [1.165, 1.54) is 0 Å². The number of nitrogens with two attached hydrogens (primary N) is 1. The summed E-state index contributed by atoms with van der Waals surface area (Å²) in [5, 5.41) is 6.89. The van der Waals surface area contributed by atoms with Crippen LogP contribution in [0.5, 0.6) is 0 Å². The van der Waals surface area contributed by atoms with E-state index < -0.39 is 5.91 Å². The van der Waals surface area contributed by atoms with Crippen molar-refractivity contribution in [1.29, 1.82) is 0 Å². The van der Waals surface area contributed by atoms with Crippen molar-refractivity contribution in [3.05, 3.63) is 28.2 Å². The van der Waals surface area contributed by atoms with Gasteiger partial charge in [-0.2, -0.15) is 0 Å². The lowest BCUT2D eigenvalue weighted by Gasteiger charge is -2.36. The van der Waals surface area contributed by atoms with E-state index in [1.54, 1.807) is 6.07 Å².